The summed E-state index contributed by atoms with van der Waals surface area (Å²) in [6.07, 6.45) is 7.44. The molecule has 0 radical (unpaired) electrons. The normalized spacial score (nSPS) is 12.4. The summed E-state index contributed by atoms with van der Waals surface area (Å²) in [5, 5.41) is 0. The highest BCUT2D eigenvalue weighted by Gasteiger charge is 2.11. The Balaban J connectivity index is 2.48. The summed E-state index contributed by atoms with van der Waals surface area (Å²) in [5.41, 5.74) is 7.35. The predicted octanol–water partition coefficient (Wildman–Crippen LogP) is 4.82. The minimum atomic E-state index is 0.0784. The fourth-order valence-electron chi connectivity index (χ4n) is 2.11. The number of halogens is 1. The van der Waals surface area contributed by atoms with Gasteiger partial charge in [-0.1, -0.05) is 61.0 Å². The van der Waals surface area contributed by atoms with E-state index in [1.54, 1.807) is 7.11 Å². The maximum atomic E-state index is 6.24. The minimum Gasteiger partial charge on any atom is -0.496 e. The average molecular weight is 314 g/mol. The highest BCUT2D eigenvalue weighted by atomic mass is 79.9. The van der Waals surface area contributed by atoms with Crippen molar-refractivity contribution in [3.05, 3.63) is 28.2 Å². The summed E-state index contributed by atoms with van der Waals surface area (Å²) in [6, 6.07) is 6.13. The summed E-state index contributed by atoms with van der Waals surface area (Å²) in [6.45, 7) is 2.23. The molecule has 2 N–H and O–H groups in total. The molecule has 0 saturated carbocycles. The number of methoxy groups -OCH3 is 1. The molecule has 0 aliphatic rings. The third kappa shape index (κ3) is 4.99. The highest BCUT2D eigenvalue weighted by Crippen LogP contribution is 2.29. The lowest BCUT2D eigenvalue weighted by atomic mass is 10.00. The lowest BCUT2D eigenvalue weighted by molar-refractivity contribution is 0.402. The van der Waals surface area contributed by atoms with Gasteiger partial charge in [0.15, 0.2) is 0 Å². The van der Waals surface area contributed by atoms with Crippen LogP contribution in [-0.4, -0.2) is 7.11 Å². The van der Waals surface area contributed by atoms with Gasteiger partial charge >= 0.3 is 0 Å². The quantitative estimate of drug-likeness (QED) is 0.698. The zero-order valence-corrected chi connectivity index (χ0v) is 13.0. The molecule has 0 saturated heterocycles. The van der Waals surface area contributed by atoms with Crippen LogP contribution in [-0.2, 0) is 0 Å². The van der Waals surface area contributed by atoms with Gasteiger partial charge in [0.1, 0.15) is 5.75 Å². The topological polar surface area (TPSA) is 35.2 Å². The lowest BCUT2D eigenvalue weighted by Gasteiger charge is -2.16. The van der Waals surface area contributed by atoms with Crippen LogP contribution in [0.2, 0.25) is 0 Å². The Kier molecular flexibility index (Phi) is 7.36. The summed E-state index contributed by atoms with van der Waals surface area (Å²) in [4.78, 5) is 0. The summed E-state index contributed by atoms with van der Waals surface area (Å²) in [5.74, 6) is 0.880. The zero-order valence-electron chi connectivity index (χ0n) is 11.4. The first-order valence-corrected chi connectivity index (χ1v) is 7.57. The number of ether oxygens (including phenoxy) is 1. The number of hydrogen-bond donors (Lipinski definition) is 1. The van der Waals surface area contributed by atoms with Gasteiger partial charge in [-0.15, -0.1) is 0 Å². The zero-order chi connectivity index (χ0) is 13.4. The van der Waals surface area contributed by atoms with Crippen LogP contribution in [0.3, 0.4) is 0 Å². The van der Waals surface area contributed by atoms with Crippen molar-refractivity contribution in [3.63, 3.8) is 0 Å². The van der Waals surface area contributed by atoms with Crippen molar-refractivity contribution >= 4 is 15.9 Å². The van der Waals surface area contributed by atoms with E-state index in [1.165, 1.54) is 32.1 Å². The maximum Gasteiger partial charge on any atom is 0.124 e. The molecule has 0 amide bonds. The second kappa shape index (κ2) is 8.54. The van der Waals surface area contributed by atoms with Gasteiger partial charge in [0.25, 0.3) is 0 Å². The van der Waals surface area contributed by atoms with Crippen LogP contribution in [0, 0.1) is 0 Å². The highest BCUT2D eigenvalue weighted by molar-refractivity contribution is 9.10. The molecule has 0 fully saturated rings. The average Bonchev–Trinajstić information content (AvgIpc) is 2.38. The molecule has 0 aromatic heterocycles. The van der Waals surface area contributed by atoms with Crippen molar-refractivity contribution in [1.29, 1.82) is 0 Å². The van der Waals surface area contributed by atoms with Crippen molar-refractivity contribution in [3.8, 4) is 5.75 Å². The van der Waals surface area contributed by atoms with E-state index in [0.717, 1.165) is 22.2 Å². The third-order valence-corrected chi connectivity index (χ3v) is 3.71. The first kappa shape index (κ1) is 15.5. The van der Waals surface area contributed by atoms with E-state index in [4.69, 9.17) is 10.5 Å². The van der Waals surface area contributed by atoms with Crippen molar-refractivity contribution in [1.82, 2.24) is 0 Å². The van der Waals surface area contributed by atoms with E-state index in [2.05, 4.69) is 28.9 Å². The van der Waals surface area contributed by atoms with E-state index in [9.17, 15) is 0 Å². The Morgan fingerprint density at radius 2 is 1.94 bits per heavy atom. The van der Waals surface area contributed by atoms with Crippen LogP contribution < -0.4 is 10.5 Å². The largest absolute Gasteiger partial charge is 0.496 e. The standard InChI is InChI=1S/C15H24BrNO/c1-3-4-5-6-7-8-14(17)13-10-9-12(16)11-15(13)18-2/h9-11,14H,3-8,17H2,1-2H3. The second-order valence-electron chi connectivity index (χ2n) is 4.70. The van der Waals surface area contributed by atoms with Gasteiger partial charge in [0, 0.05) is 16.1 Å². The lowest BCUT2D eigenvalue weighted by Crippen LogP contribution is -2.11. The van der Waals surface area contributed by atoms with Crippen LogP contribution in [0.15, 0.2) is 22.7 Å². The number of rotatable bonds is 8. The summed E-state index contributed by atoms with van der Waals surface area (Å²) < 4.78 is 6.41. The molecule has 1 aromatic carbocycles. The van der Waals surface area contributed by atoms with Crippen LogP contribution >= 0.6 is 15.9 Å². The van der Waals surface area contributed by atoms with Crippen LogP contribution in [0.1, 0.15) is 57.1 Å². The van der Waals surface area contributed by atoms with E-state index < -0.39 is 0 Å². The van der Waals surface area contributed by atoms with Crippen LogP contribution in [0.5, 0.6) is 5.75 Å². The summed E-state index contributed by atoms with van der Waals surface area (Å²) in [7, 11) is 1.69. The Hall–Kier alpha value is -0.540. The van der Waals surface area contributed by atoms with Crippen molar-refractivity contribution in [2.24, 2.45) is 5.73 Å². The molecule has 0 aliphatic heterocycles. The van der Waals surface area contributed by atoms with Crippen molar-refractivity contribution in [2.45, 2.75) is 51.5 Å². The van der Waals surface area contributed by atoms with Gasteiger partial charge in [-0.25, -0.2) is 0 Å². The number of unbranched alkanes of at least 4 members (excludes halogenated alkanes) is 4. The SMILES string of the molecule is CCCCCCCC(N)c1ccc(Br)cc1OC. The Labute approximate surface area is 119 Å². The molecule has 2 nitrogen and oxygen atoms in total. The van der Waals surface area contributed by atoms with Gasteiger partial charge in [-0.05, 0) is 18.6 Å². The van der Waals surface area contributed by atoms with Gasteiger partial charge < -0.3 is 10.5 Å². The predicted molar refractivity (Wildman–Crippen MR) is 81.0 cm³/mol. The van der Waals surface area contributed by atoms with Crippen LogP contribution in [0.4, 0.5) is 0 Å². The fraction of sp³-hybridized carbons (Fsp3) is 0.600. The first-order valence-electron chi connectivity index (χ1n) is 6.78. The van der Waals surface area contributed by atoms with Crippen LogP contribution in [0.25, 0.3) is 0 Å². The molecule has 1 aromatic rings. The fourth-order valence-corrected chi connectivity index (χ4v) is 2.45. The molecular weight excluding hydrogens is 290 g/mol. The molecule has 1 atom stereocenters. The Bertz CT molecular complexity index is 354. The van der Waals surface area contributed by atoms with E-state index in [0.29, 0.717) is 0 Å². The van der Waals surface area contributed by atoms with Crippen molar-refractivity contribution in [2.75, 3.05) is 7.11 Å². The molecule has 0 bridgehead atoms. The maximum absolute atomic E-state index is 6.24. The molecule has 102 valence electrons. The third-order valence-electron chi connectivity index (χ3n) is 3.21. The molecule has 0 spiro atoms. The smallest absolute Gasteiger partial charge is 0.124 e. The Morgan fingerprint density at radius 3 is 2.61 bits per heavy atom. The second-order valence-corrected chi connectivity index (χ2v) is 5.61. The molecule has 18 heavy (non-hydrogen) atoms. The molecule has 1 unspecified atom stereocenters. The first-order chi connectivity index (χ1) is 8.69. The molecular formula is C15H24BrNO. The molecule has 3 heteroatoms. The van der Waals surface area contributed by atoms with Gasteiger partial charge in [0.05, 0.1) is 7.11 Å². The molecule has 1 rings (SSSR count). The van der Waals surface area contributed by atoms with Gasteiger partial charge in [0.2, 0.25) is 0 Å². The number of hydrogen-bond acceptors (Lipinski definition) is 2. The monoisotopic (exact) mass is 313 g/mol. The van der Waals surface area contributed by atoms with E-state index >= 15 is 0 Å². The van der Waals surface area contributed by atoms with Gasteiger partial charge in [-0.3, -0.25) is 0 Å². The summed E-state index contributed by atoms with van der Waals surface area (Å²) >= 11 is 3.45. The van der Waals surface area contributed by atoms with Gasteiger partial charge in [-0.2, -0.15) is 0 Å². The van der Waals surface area contributed by atoms with E-state index in [-0.39, 0.29) is 6.04 Å². The molecule has 0 aliphatic carbocycles. The minimum absolute atomic E-state index is 0.0784. The molecule has 0 heterocycles. The van der Waals surface area contributed by atoms with Crippen molar-refractivity contribution < 1.29 is 4.74 Å². The Morgan fingerprint density at radius 1 is 1.22 bits per heavy atom. The number of nitrogens with two attached hydrogens (primary N) is 1. The van der Waals surface area contributed by atoms with E-state index in [1.807, 2.05) is 12.1 Å². The number of benzene rings is 1.